The Kier molecular flexibility index (Phi) is 9.92. The van der Waals surface area contributed by atoms with Gasteiger partial charge in [-0.25, -0.2) is 19.2 Å². The average Bonchev–Trinajstić information content (AvgIpc) is 3.61. The lowest BCUT2D eigenvalue weighted by Crippen LogP contribution is -2.31. The maximum absolute atomic E-state index is 13.4. The largest absolute Gasteiger partial charge is 0.465 e. The number of hydrogen-bond donors (Lipinski definition) is 0. The molecule has 56 heavy (non-hydrogen) atoms. The van der Waals surface area contributed by atoms with Crippen LogP contribution in [0.1, 0.15) is 64.0 Å². The second-order valence-electron chi connectivity index (χ2n) is 13.3. The first-order valence-electron chi connectivity index (χ1n) is 17.9. The second-order valence-corrected chi connectivity index (χ2v) is 13.3. The highest BCUT2D eigenvalue weighted by atomic mass is 16.6. The van der Waals surface area contributed by atoms with E-state index in [4.69, 9.17) is 23.7 Å². The summed E-state index contributed by atoms with van der Waals surface area (Å²) in [5.74, 6) is -4.62. The monoisotopic (exact) mass is 744 g/mol. The highest BCUT2D eigenvalue weighted by Crippen LogP contribution is 2.51. The molecule has 3 unspecified atom stereocenters. The molecule has 1 aliphatic carbocycles. The molecule has 0 radical (unpaired) electrons. The van der Waals surface area contributed by atoms with Gasteiger partial charge in [-0.05, 0) is 95.9 Å². The SMILES string of the molecule is O=C(Oc1ccc(C2c3cc(OC(=O)c4ccccc4)c(OC(=O)c4ccccc4)cc3CC3C(=O)OCC32)cc1OC(=O)c1ccccc1)c1ccccc1. The number of rotatable bonds is 9. The number of carbonyl (C=O) groups is 5. The van der Waals surface area contributed by atoms with Crippen LogP contribution in [0.5, 0.6) is 23.0 Å². The molecular weight excluding hydrogens is 712 g/mol. The summed E-state index contributed by atoms with van der Waals surface area (Å²) in [6, 6.07) is 41.7. The molecule has 0 amide bonds. The number of cyclic esters (lactones) is 1. The van der Waals surface area contributed by atoms with E-state index in [2.05, 4.69) is 0 Å². The Labute approximate surface area is 321 Å². The lowest BCUT2D eigenvalue weighted by atomic mass is 9.67. The van der Waals surface area contributed by atoms with E-state index in [0.717, 1.165) is 0 Å². The summed E-state index contributed by atoms with van der Waals surface area (Å²) in [7, 11) is 0. The summed E-state index contributed by atoms with van der Waals surface area (Å²) >= 11 is 0. The van der Waals surface area contributed by atoms with Crippen molar-refractivity contribution in [1.82, 2.24) is 0 Å². The van der Waals surface area contributed by atoms with Gasteiger partial charge >= 0.3 is 29.8 Å². The molecule has 276 valence electrons. The van der Waals surface area contributed by atoms with Gasteiger partial charge in [0.25, 0.3) is 0 Å². The van der Waals surface area contributed by atoms with Crippen molar-refractivity contribution in [2.24, 2.45) is 11.8 Å². The molecule has 0 N–H and O–H groups in total. The van der Waals surface area contributed by atoms with Crippen LogP contribution in [-0.4, -0.2) is 36.5 Å². The molecule has 1 fully saturated rings. The molecule has 2 aliphatic rings. The minimum atomic E-state index is -0.680. The summed E-state index contributed by atoms with van der Waals surface area (Å²) in [4.78, 5) is 66.6. The third-order valence-corrected chi connectivity index (χ3v) is 9.82. The molecule has 0 spiro atoms. The lowest BCUT2D eigenvalue weighted by Gasteiger charge is -2.34. The standard InChI is InChI=1S/C46H32O10/c47-42(28-13-5-1-6-14-28)53-37-22-21-32(24-38(37)54-43(48)29-15-7-2-8-16-29)41-34-26-40(56-45(50)31-19-11-4-12-20-31)39(55-44(49)30-17-9-3-10-18-30)25-33(34)23-35-36(41)27-52-46(35)51/h1-22,24-26,35-36,41H,23,27H2. The van der Waals surface area contributed by atoms with Crippen molar-refractivity contribution in [3.05, 3.63) is 191 Å². The maximum atomic E-state index is 13.4. The molecule has 3 atom stereocenters. The van der Waals surface area contributed by atoms with Crippen LogP contribution in [0.25, 0.3) is 0 Å². The Bertz CT molecular complexity index is 2450. The summed E-state index contributed by atoms with van der Waals surface area (Å²) in [6.07, 6.45) is 0.265. The first kappa shape index (κ1) is 35.7. The second kappa shape index (κ2) is 15.6. The molecule has 10 heteroatoms. The van der Waals surface area contributed by atoms with E-state index in [1.165, 1.54) is 6.07 Å². The van der Waals surface area contributed by atoms with Crippen LogP contribution in [0, 0.1) is 11.8 Å². The quantitative estimate of drug-likeness (QED) is 0.106. The summed E-state index contributed by atoms with van der Waals surface area (Å²) in [5.41, 5.74) is 3.07. The van der Waals surface area contributed by atoms with Gasteiger partial charge in [-0.15, -0.1) is 0 Å². The van der Waals surface area contributed by atoms with Gasteiger partial charge in [-0.2, -0.15) is 0 Å². The van der Waals surface area contributed by atoms with Crippen LogP contribution >= 0.6 is 0 Å². The van der Waals surface area contributed by atoms with E-state index in [0.29, 0.717) is 22.3 Å². The van der Waals surface area contributed by atoms with E-state index < -0.39 is 35.7 Å². The van der Waals surface area contributed by atoms with E-state index in [9.17, 15) is 24.0 Å². The fourth-order valence-electron chi connectivity index (χ4n) is 7.09. The first-order valence-corrected chi connectivity index (χ1v) is 17.9. The van der Waals surface area contributed by atoms with Crippen molar-refractivity contribution in [3.63, 3.8) is 0 Å². The zero-order valence-electron chi connectivity index (χ0n) is 29.7. The normalized spacial score (nSPS) is 16.7. The van der Waals surface area contributed by atoms with E-state index in [-0.39, 0.29) is 64.6 Å². The van der Waals surface area contributed by atoms with Gasteiger partial charge < -0.3 is 23.7 Å². The van der Waals surface area contributed by atoms with E-state index in [1.807, 2.05) is 0 Å². The highest BCUT2D eigenvalue weighted by Gasteiger charge is 2.47. The van der Waals surface area contributed by atoms with Crippen molar-refractivity contribution in [2.45, 2.75) is 12.3 Å². The van der Waals surface area contributed by atoms with Crippen LogP contribution in [0.2, 0.25) is 0 Å². The maximum Gasteiger partial charge on any atom is 0.343 e. The fraction of sp³-hybridized carbons (Fsp3) is 0.109. The predicted molar refractivity (Wildman–Crippen MR) is 202 cm³/mol. The molecule has 1 heterocycles. The van der Waals surface area contributed by atoms with Crippen molar-refractivity contribution in [2.75, 3.05) is 6.61 Å². The van der Waals surface area contributed by atoms with Gasteiger partial charge in [0.2, 0.25) is 0 Å². The predicted octanol–water partition coefficient (Wildman–Crippen LogP) is 8.04. The summed E-state index contributed by atoms with van der Waals surface area (Å²) in [6.45, 7) is 0.0986. The van der Waals surface area contributed by atoms with Gasteiger partial charge in [0.1, 0.15) is 0 Å². The zero-order chi connectivity index (χ0) is 38.6. The highest BCUT2D eigenvalue weighted by molar-refractivity contribution is 5.94. The van der Waals surface area contributed by atoms with E-state index >= 15 is 0 Å². The molecule has 0 bridgehead atoms. The number of carbonyl (C=O) groups excluding carboxylic acids is 5. The smallest absolute Gasteiger partial charge is 0.343 e. The van der Waals surface area contributed by atoms with Gasteiger partial charge in [0, 0.05) is 11.8 Å². The van der Waals surface area contributed by atoms with Crippen molar-refractivity contribution in [3.8, 4) is 23.0 Å². The summed E-state index contributed by atoms with van der Waals surface area (Å²) < 4.78 is 29.1. The van der Waals surface area contributed by atoms with Gasteiger partial charge in [0.05, 0.1) is 34.8 Å². The van der Waals surface area contributed by atoms with Crippen LogP contribution in [0.15, 0.2) is 152 Å². The molecule has 1 aliphatic heterocycles. The van der Waals surface area contributed by atoms with Crippen LogP contribution in [-0.2, 0) is 16.0 Å². The van der Waals surface area contributed by atoms with Crippen molar-refractivity contribution >= 4 is 29.8 Å². The fourth-order valence-corrected chi connectivity index (χ4v) is 7.09. The Morgan fingerprint density at radius 2 is 0.893 bits per heavy atom. The third kappa shape index (κ3) is 7.40. The van der Waals surface area contributed by atoms with Crippen molar-refractivity contribution in [1.29, 1.82) is 0 Å². The molecular formula is C46H32O10. The molecule has 6 aromatic rings. The minimum Gasteiger partial charge on any atom is -0.465 e. The van der Waals surface area contributed by atoms with Crippen molar-refractivity contribution < 1.29 is 47.7 Å². The average molecular weight is 745 g/mol. The molecule has 6 aromatic carbocycles. The molecule has 1 saturated heterocycles. The molecule has 10 nitrogen and oxygen atoms in total. The number of ether oxygens (including phenoxy) is 5. The van der Waals surface area contributed by atoms with Gasteiger partial charge in [-0.1, -0.05) is 78.9 Å². The Hall–Kier alpha value is -7.33. The van der Waals surface area contributed by atoms with Crippen LogP contribution in [0.4, 0.5) is 0 Å². The summed E-state index contributed by atoms with van der Waals surface area (Å²) in [5, 5.41) is 0. The Morgan fingerprint density at radius 3 is 1.36 bits per heavy atom. The van der Waals surface area contributed by atoms with Gasteiger partial charge in [-0.3, -0.25) is 4.79 Å². The number of esters is 5. The van der Waals surface area contributed by atoms with Crippen LogP contribution < -0.4 is 18.9 Å². The number of benzene rings is 6. The minimum absolute atomic E-state index is 0.00105. The molecule has 0 aromatic heterocycles. The third-order valence-electron chi connectivity index (χ3n) is 9.82. The molecule has 0 saturated carbocycles. The molecule has 8 rings (SSSR count). The van der Waals surface area contributed by atoms with Crippen LogP contribution in [0.3, 0.4) is 0 Å². The first-order chi connectivity index (χ1) is 27.3. The number of fused-ring (bicyclic) bond motifs is 2. The lowest BCUT2D eigenvalue weighted by molar-refractivity contribution is -0.141. The number of hydrogen-bond acceptors (Lipinski definition) is 10. The Morgan fingerprint density at radius 1 is 0.482 bits per heavy atom. The topological polar surface area (TPSA) is 132 Å². The zero-order valence-corrected chi connectivity index (χ0v) is 29.7. The van der Waals surface area contributed by atoms with E-state index in [1.54, 1.807) is 146 Å². The van der Waals surface area contributed by atoms with Gasteiger partial charge in [0.15, 0.2) is 23.0 Å². The Balaban J connectivity index is 1.23.